The van der Waals surface area contributed by atoms with Gasteiger partial charge in [0, 0.05) is 17.7 Å². The Kier molecular flexibility index (Phi) is 2.21. The van der Waals surface area contributed by atoms with Gasteiger partial charge in [-0.15, -0.1) is 0 Å². The fourth-order valence-corrected chi connectivity index (χ4v) is 2.63. The maximum absolute atomic E-state index is 13.6. The molecule has 84 valence electrons. The number of para-hydroxylation sites is 1. The summed E-state index contributed by atoms with van der Waals surface area (Å²) in [5.74, 6) is 0.141. The van der Waals surface area contributed by atoms with E-state index in [1.807, 2.05) is 6.07 Å². The quantitative estimate of drug-likeness (QED) is 0.759. The number of nitrogens with one attached hydrogen (secondary N) is 1. The molecule has 1 heterocycles. The second-order valence-corrected chi connectivity index (χ2v) is 4.54. The van der Waals surface area contributed by atoms with Crippen molar-refractivity contribution in [3.05, 3.63) is 35.3 Å². The Labute approximate surface area is 93.1 Å². The molecule has 1 aliphatic rings. The van der Waals surface area contributed by atoms with Crippen molar-refractivity contribution < 1.29 is 9.50 Å². The predicted octanol–water partition coefficient (Wildman–Crippen LogP) is 2.40. The zero-order chi connectivity index (χ0) is 11.1. The van der Waals surface area contributed by atoms with Crippen LogP contribution in [0.4, 0.5) is 4.39 Å². The van der Waals surface area contributed by atoms with Crippen LogP contribution in [0, 0.1) is 11.7 Å². The molecule has 3 rings (SSSR count). The number of aliphatic hydroxyl groups excluding tert-OH is 1. The SMILES string of the molecule is OCC1CCc2[nH]c3c(F)cccc3c2C1. The molecule has 16 heavy (non-hydrogen) atoms. The van der Waals surface area contributed by atoms with Gasteiger partial charge in [0.2, 0.25) is 0 Å². The first-order chi connectivity index (χ1) is 7.79. The summed E-state index contributed by atoms with van der Waals surface area (Å²) in [4.78, 5) is 3.17. The van der Waals surface area contributed by atoms with E-state index in [9.17, 15) is 9.50 Å². The molecule has 0 radical (unpaired) electrons. The van der Waals surface area contributed by atoms with E-state index in [2.05, 4.69) is 4.98 Å². The Bertz CT molecular complexity index is 532. The van der Waals surface area contributed by atoms with Crippen LogP contribution in [0.1, 0.15) is 17.7 Å². The Hall–Kier alpha value is -1.35. The van der Waals surface area contributed by atoms with Crippen LogP contribution in [0.3, 0.4) is 0 Å². The number of hydrogen-bond acceptors (Lipinski definition) is 1. The van der Waals surface area contributed by atoms with Gasteiger partial charge >= 0.3 is 0 Å². The summed E-state index contributed by atoms with van der Waals surface area (Å²) in [6.45, 7) is 0.224. The molecule has 2 aromatic rings. The van der Waals surface area contributed by atoms with Crippen molar-refractivity contribution in [3.8, 4) is 0 Å². The van der Waals surface area contributed by atoms with E-state index in [-0.39, 0.29) is 12.4 Å². The highest BCUT2D eigenvalue weighted by atomic mass is 19.1. The van der Waals surface area contributed by atoms with Crippen LogP contribution >= 0.6 is 0 Å². The molecule has 2 N–H and O–H groups in total. The molecule has 1 aromatic carbocycles. The minimum absolute atomic E-state index is 0.188. The second kappa shape index (κ2) is 3.59. The van der Waals surface area contributed by atoms with Crippen molar-refractivity contribution in [2.24, 2.45) is 5.92 Å². The largest absolute Gasteiger partial charge is 0.396 e. The van der Waals surface area contributed by atoms with Gasteiger partial charge in [0.1, 0.15) is 5.82 Å². The van der Waals surface area contributed by atoms with Gasteiger partial charge in [-0.1, -0.05) is 12.1 Å². The van der Waals surface area contributed by atoms with Crippen LogP contribution in [0.25, 0.3) is 10.9 Å². The number of aryl methyl sites for hydroxylation is 1. The van der Waals surface area contributed by atoms with Crippen LogP contribution in [-0.2, 0) is 12.8 Å². The number of aromatic amines is 1. The maximum atomic E-state index is 13.6. The van der Waals surface area contributed by atoms with Gasteiger partial charge in [-0.05, 0) is 36.8 Å². The summed E-state index contributed by atoms with van der Waals surface area (Å²) in [7, 11) is 0. The average molecular weight is 219 g/mol. The second-order valence-electron chi connectivity index (χ2n) is 4.54. The molecule has 0 saturated carbocycles. The molecule has 0 amide bonds. The number of aromatic nitrogens is 1. The van der Waals surface area contributed by atoms with Gasteiger partial charge in [-0.25, -0.2) is 4.39 Å². The highest BCUT2D eigenvalue weighted by Crippen LogP contribution is 2.32. The summed E-state index contributed by atoms with van der Waals surface area (Å²) < 4.78 is 13.6. The van der Waals surface area contributed by atoms with Gasteiger partial charge in [-0.2, -0.15) is 0 Å². The highest BCUT2D eigenvalue weighted by Gasteiger charge is 2.22. The monoisotopic (exact) mass is 219 g/mol. The normalized spacial score (nSPS) is 20.0. The van der Waals surface area contributed by atoms with Crippen LogP contribution in [0.2, 0.25) is 0 Å². The first-order valence-electron chi connectivity index (χ1n) is 5.68. The van der Waals surface area contributed by atoms with Gasteiger partial charge in [-0.3, -0.25) is 0 Å². The third kappa shape index (κ3) is 1.35. The zero-order valence-electron chi connectivity index (χ0n) is 8.96. The molecule has 0 aliphatic heterocycles. The van der Waals surface area contributed by atoms with Crippen LogP contribution < -0.4 is 0 Å². The number of fused-ring (bicyclic) bond motifs is 3. The number of H-pyrrole nitrogens is 1. The smallest absolute Gasteiger partial charge is 0.147 e. The molecule has 0 bridgehead atoms. The summed E-state index contributed by atoms with van der Waals surface area (Å²) in [5.41, 5.74) is 2.95. The molecule has 1 atom stereocenters. The van der Waals surface area contributed by atoms with E-state index in [0.29, 0.717) is 11.4 Å². The third-order valence-corrected chi connectivity index (χ3v) is 3.53. The maximum Gasteiger partial charge on any atom is 0.147 e. The summed E-state index contributed by atoms with van der Waals surface area (Å²) in [6, 6.07) is 5.18. The van der Waals surface area contributed by atoms with Crippen LogP contribution in [0.15, 0.2) is 18.2 Å². The molecular weight excluding hydrogens is 205 g/mol. The van der Waals surface area contributed by atoms with E-state index in [4.69, 9.17) is 0 Å². The zero-order valence-corrected chi connectivity index (χ0v) is 8.96. The highest BCUT2D eigenvalue weighted by molar-refractivity contribution is 5.85. The van der Waals surface area contributed by atoms with Gasteiger partial charge in [0.25, 0.3) is 0 Å². The van der Waals surface area contributed by atoms with Gasteiger partial charge < -0.3 is 10.1 Å². The molecule has 2 nitrogen and oxygen atoms in total. The van der Waals surface area contributed by atoms with E-state index >= 15 is 0 Å². The lowest BCUT2D eigenvalue weighted by Crippen LogP contribution is -2.16. The van der Waals surface area contributed by atoms with Crippen molar-refractivity contribution >= 4 is 10.9 Å². The minimum atomic E-state index is -0.188. The average Bonchev–Trinajstić information content (AvgIpc) is 2.68. The van der Waals surface area contributed by atoms with Crippen molar-refractivity contribution in [3.63, 3.8) is 0 Å². The number of rotatable bonds is 1. The topological polar surface area (TPSA) is 36.0 Å². The lowest BCUT2D eigenvalue weighted by molar-refractivity contribution is 0.213. The Morgan fingerprint density at radius 1 is 1.44 bits per heavy atom. The van der Waals surface area contributed by atoms with Crippen LogP contribution in [-0.4, -0.2) is 16.7 Å². The lowest BCUT2D eigenvalue weighted by Gasteiger charge is -2.20. The fourth-order valence-electron chi connectivity index (χ4n) is 2.63. The van der Waals surface area contributed by atoms with Gasteiger partial charge in [0.15, 0.2) is 0 Å². The van der Waals surface area contributed by atoms with Crippen molar-refractivity contribution in [1.29, 1.82) is 0 Å². The summed E-state index contributed by atoms with van der Waals surface area (Å²) in [5, 5.41) is 10.2. The number of hydrogen-bond donors (Lipinski definition) is 2. The summed E-state index contributed by atoms with van der Waals surface area (Å²) in [6.07, 6.45) is 2.75. The van der Waals surface area contributed by atoms with Crippen molar-refractivity contribution in [2.45, 2.75) is 19.3 Å². The van der Waals surface area contributed by atoms with E-state index in [1.54, 1.807) is 6.07 Å². The molecule has 0 saturated heterocycles. The fraction of sp³-hybridized carbons (Fsp3) is 0.385. The first kappa shape index (κ1) is 9.85. The molecule has 0 fully saturated rings. The predicted molar refractivity (Wildman–Crippen MR) is 60.9 cm³/mol. The number of halogens is 1. The van der Waals surface area contributed by atoms with Crippen molar-refractivity contribution in [1.82, 2.24) is 4.98 Å². The Morgan fingerprint density at radius 3 is 3.12 bits per heavy atom. The van der Waals surface area contributed by atoms with E-state index in [1.165, 1.54) is 11.6 Å². The standard InChI is InChI=1S/C13H14FNO/c14-11-3-1-2-9-10-6-8(7-16)4-5-12(10)15-13(9)11/h1-3,8,15-16H,4-7H2. The molecule has 1 aliphatic carbocycles. The minimum Gasteiger partial charge on any atom is -0.396 e. The van der Waals surface area contributed by atoms with Gasteiger partial charge in [0.05, 0.1) is 5.52 Å². The molecular formula is C13H14FNO. The molecule has 0 spiro atoms. The lowest BCUT2D eigenvalue weighted by atomic mass is 9.87. The number of benzene rings is 1. The first-order valence-corrected chi connectivity index (χ1v) is 5.68. The summed E-state index contributed by atoms with van der Waals surface area (Å²) >= 11 is 0. The Balaban J connectivity index is 2.18. The van der Waals surface area contributed by atoms with Crippen LogP contribution in [0.5, 0.6) is 0 Å². The molecule has 1 unspecified atom stereocenters. The number of aliphatic hydroxyl groups is 1. The molecule has 1 aromatic heterocycles. The third-order valence-electron chi connectivity index (χ3n) is 3.53. The van der Waals surface area contributed by atoms with Crippen molar-refractivity contribution in [2.75, 3.05) is 6.61 Å². The van der Waals surface area contributed by atoms with E-state index < -0.39 is 0 Å². The van der Waals surface area contributed by atoms with E-state index in [0.717, 1.165) is 30.3 Å². The molecule has 3 heteroatoms. The Morgan fingerprint density at radius 2 is 2.31 bits per heavy atom.